The lowest BCUT2D eigenvalue weighted by atomic mass is 10.3. The normalized spacial score (nSPS) is 11.2. The van der Waals surface area contributed by atoms with E-state index in [0.29, 0.717) is 36.4 Å². The van der Waals surface area contributed by atoms with Crippen molar-refractivity contribution < 1.29 is 9.53 Å². The summed E-state index contributed by atoms with van der Waals surface area (Å²) in [6.07, 6.45) is -0.539. The van der Waals surface area contributed by atoms with Crippen molar-refractivity contribution in [3.8, 4) is 5.75 Å². The highest BCUT2D eigenvalue weighted by molar-refractivity contribution is 5.85. The zero-order valence-corrected chi connectivity index (χ0v) is 14.2. The number of rotatable bonds is 8. The second kappa shape index (κ2) is 8.51. The number of carbonyl (C=O) groups excluding carboxylic acids is 1. The highest BCUT2D eigenvalue weighted by Gasteiger charge is 2.14. The number of hydrogen-bond donors (Lipinski definition) is 3. The van der Waals surface area contributed by atoms with E-state index in [4.69, 9.17) is 10.5 Å². The third-order valence-corrected chi connectivity index (χ3v) is 3.90. The molecule has 0 saturated carbocycles. The summed E-state index contributed by atoms with van der Waals surface area (Å²) in [6, 6.07) is 5.14. The summed E-state index contributed by atoms with van der Waals surface area (Å²) in [5.41, 5.74) is 6.44. The lowest BCUT2D eigenvalue weighted by molar-refractivity contribution is 0.198. The number of likely N-dealkylation sites (N-methyl/N-ethyl adjacent to an activating group) is 1. The second-order valence-electron chi connectivity index (χ2n) is 5.37. The summed E-state index contributed by atoms with van der Waals surface area (Å²) >= 11 is 0. The Morgan fingerprint density at radius 2 is 2.12 bits per heavy atom. The molecule has 1 aromatic carbocycles. The SMILES string of the molecule is CCN(CC)CCNC(=O)Oc1cccc2[nH]c(=O)n(CCN)c12. The van der Waals surface area contributed by atoms with Gasteiger partial charge in [-0.2, -0.15) is 0 Å². The molecule has 0 aliphatic heterocycles. The number of imidazole rings is 1. The first-order valence-electron chi connectivity index (χ1n) is 8.20. The monoisotopic (exact) mass is 335 g/mol. The lowest BCUT2D eigenvalue weighted by Crippen LogP contribution is -2.36. The molecule has 0 aliphatic rings. The number of para-hydroxylation sites is 1. The number of fused-ring (bicyclic) bond motifs is 1. The van der Waals surface area contributed by atoms with E-state index in [0.717, 1.165) is 19.6 Å². The smallest absolute Gasteiger partial charge is 0.408 e. The molecule has 1 heterocycles. The number of benzene rings is 1. The number of nitrogens with zero attached hydrogens (tertiary/aromatic N) is 2. The summed E-state index contributed by atoms with van der Waals surface area (Å²) in [7, 11) is 0. The number of hydrogen-bond acceptors (Lipinski definition) is 5. The molecule has 0 fully saturated rings. The lowest BCUT2D eigenvalue weighted by Gasteiger charge is -2.17. The van der Waals surface area contributed by atoms with Gasteiger partial charge in [0.05, 0.1) is 5.52 Å². The summed E-state index contributed by atoms with van der Waals surface area (Å²) in [5.74, 6) is 0.333. The molecule has 0 radical (unpaired) electrons. The largest absolute Gasteiger partial charge is 0.412 e. The molecule has 0 atom stereocenters. The van der Waals surface area contributed by atoms with Crippen LogP contribution < -0.4 is 21.5 Å². The maximum absolute atomic E-state index is 12.0. The third kappa shape index (κ3) is 4.15. The van der Waals surface area contributed by atoms with Gasteiger partial charge in [0.25, 0.3) is 0 Å². The standard InChI is InChI=1S/C16H25N5O3/c1-3-20(4-2)11-9-18-16(23)24-13-7-5-6-12-14(13)21(10-8-17)15(22)19-12/h5-7H,3-4,8-11,17H2,1-2H3,(H,18,23)(H,19,22). The number of amides is 1. The van der Waals surface area contributed by atoms with Crippen molar-refractivity contribution in [2.75, 3.05) is 32.7 Å². The average molecular weight is 335 g/mol. The second-order valence-corrected chi connectivity index (χ2v) is 5.37. The van der Waals surface area contributed by atoms with Gasteiger partial charge in [0, 0.05) is 26.2 Å². The van der Waals surface area contributed by atoms with Crippen molar-refractivity contribution in [1.82, 2.24) is 19.8 Å². The molecule has 0 aliphatic carbocycles. The molecule has 0 bridgehead atoms. The first-order valence-corrected chi connectivity index (χ1v) is 8.20. The first-order chi connectivity index (χ1) is 11.6. The molecule has 132 valence electrons. The highest BCUT2D eigenvalue weighted by atomic mass is 16.6. The molecular formula is C16H25N5O3. The molecule has 24 heavy (non-hydrogen) atoms. The molecule has 0 saturated heterocycles. The van der Waals surface area contributed by atoms with Gasteiger partial charge in [0.2, 0.25) is 0 Å². The van der Waals surface area contributed by atoms with Crippen molar-refractivity contribution in [2.45, 2.75) is 20.4 Å². The summed E-state index contributed by atoms with van der Waals surface area (Å²) in [4.78, 5) is 28.9. The van der Waals surface area contributed by atoms with Gasteiger partial charge in [0.1, 0.15) is 5.52 Å². The Morgan fingerprint density at radius 3 is 2.79 bits per heavy atom. The summed E-state index contributed by atoms with van der Waals surface area (Å²) < 4.78 is 6.87. The number of carbonyl (C=O) groups is 1. The van der Waals surface area contributed by atoms with Gasteiger partial charge in [-0.1, -0.05) is 19.9 Å². The van der Waals surface area contributed by atoms with Crippen LogP contribution in [0.15, 0.2) is 23.0 Å². The Morgan fingerprint density at radius 1 is 1.38 bits per heavy atom. The molecule has 2 rings (SSSR count). The molecule has 0 unspecified atom stereocenters. The minimum Gasteiger partial charge on any atom is -0.408 e. The topological polar surface area (TPSA) is 105 Å². The van der Waals surface area contributed by atoms with Crippen LogP contribution in [0.1, 0.15) is 13.8 Å². The molecule has 1 amide bonds. The number of ether oxygens (including phenoxy) is 1. The van der Waals surface area contributed by atoms with Gasteiger partial charge in [-0.15, -0.1) is 0 Å². The predicted molar refractivity (Wildman–Crippen MR) is 93.4 cm³/mol. The van der Waals surface area contributed by atoms with Crippen molar-refractivity contribution in [3.63, 3.8) is 0 Å². The van der Waals surface area contributed by atoms with Crippen LogP contribution in [0.25, 0.3) is 11.0 Å². The molecule has 0 spiro atoms. The Hall–Kier alpha value is -2.32. The van der Waals surface area contributed by atoms with Crippen LogP contribution in [0, 0.1) is 0 Å². The first kappa shape index (κ1) is 18.0. The van der Waals surface area contributed by atoms with Gasteiger partial charge in [0.15, 0.2) is 5.75 Å². The maximum atomic E-state index is 12.0. The van der Waals surface area contributed by atoms with E-state index in [1.54, 1.807) is 18.2 Å². The van der Waals surface area contributed by atoms with Crippen LogP contribution in [0.2, 0.25) is 0 Å². The molecule has 2 aromatic rings. The van der Waals surface area contributed by atoms with Crippen LogP contribution in [0.4, 0.5) is 4.79 Å². The molecule has 8 nitrogen and oxygen atoms in total. The van der Waals surface area contributed by atoms with E-state index < -0.39 is 6.09 Å². The summed E-state index contributed by atoms with van der Waals surface area (Å²) in [6.45, 7) is 7.94. The minimum absolute atomic E-state index is 0.270. The van der Waals surface area contributed by atoms with Gasteiger partial charge < -0.3 is 25.7 Å². The molecule has 4 N–H and O–H groups in total. The molecule has 1 aromatic heterocycles. The zero-order valence-electron chi connectivity index (χ0n) is 14.2. The molecule has 8 heteroatoms. The number of H-pyrrole nitrogens is 1. The van der Waals surface area contributed by atoms with Gasteiger partial charge in [-0.05, 0) is 25.2 Å². The zero-order chi connectivity index (χ0) is 17.5. The number of aromatic amines is 1. The summed E-state index contributed by atoms with van der Waals surface area (Å²) in [5, 5.41) is 2.73. The Labute approximate surface area is 140 Å². The van der Waals surface area contributed by atoms with E-state index >= 15 is 0 Å². The fourth-order valence-electron chi connectivity index (χ4n) is 2.60. The van der Waals surface area contributed by atoms with E-state index in [1.165, 1.54) is 4.57 Å². The fraction of sp³-hybridized carbons (Fsp3) is 0.500. The quantitative estimate of drug-likeness (QED) is 0.659. The Bertz CT molecular complexity index is 733. The Balaban J connectivity index is 2.09. The number of nitrogens with two attached hydrogens (primary N) is 1. The maximum Gasteiger partial charge on any atom is 0.412 e. The number of nitrogens with one attached hydrogen (secondary N) is 2. The Kier molecular flexibility index (Phi) is 6.39. The van der Waals surface area contributed by atoms with E-state index in [-0.39, 0.29) is 5.69 Å². The average Bonchev–Trinajstić information content (AvgIpc) is 2.89. The predicted octanol–water partition coefficient (Wildman–Crippen LogP) is 0.719. The molecular weight excluding hydrogens is 310 g/mol. The van der Waals surface area contributed by atoms with Crippen LogP contribution >= 0.6 is 0 Å². The van der Waals surface area contributed by atoms with Crippen LogP contribution in [-0.4, -0.2) is 53.3 Å². The highest BCUT2D eigenvalue weighted by Crippen LogP contribution is 2.23. The van der Waals surface area contributed by atoms with Crippen LogP contribution in [0.5, 0.6) is 5.75 Å². The minimum atomic E-state index is -0.539. The van der Waals surface area contributed by atoms with Crippen molar-refractivity contribution in [1.29, 1.82) is 0 Å². The van der Waals surface area contributed by atoms with E-state index in [9.17, 15) is 9.59 Å². The number of aromatic nitrogens is 2. The fourth-order valence-corrected chi connectivity index (χ4v) is 2.60. The van der Waals surface area contributed by atoms with Crippen LogP contribution in [-0.2, 0) is 6.54 Å². The van der Waals surface area contributed by atoms with Crippen molar-refractivity contribution >= 4 is 17.1 Å². The van der Waals surface area contributed by atoms with Gasteiger partial charge in [-0.3, -0.25) is 4.57 Å². The van der Waals surface area contributed by atoms with Crippen molar-refractivity contribution in [3.05, 3.63) is 28.7 Å². The van der Waals surface area contributed by atoms with Gasteiger partial charge in [-0.25, -0.2) is 9.59 Å². The van der Waals surface area contributed by atoms with Crippen LogP contribution in [0.3, 0.4) is 0 Å². The third-order valence-electron chi connectivity index (χ3n) is 3.90. The van der Waals surface area contributed by atoms with Gasteiger partial charge >= 0.3 is 11.8 Å². The van der Waals surface area contributed by atoms with E-state index in [2.05, 4.69) is 29.0 Å². The van der Waals surface area contributed by atoms with E-state index in [1.807, 2.05) is 0 Å². The van der Waals surface area contributed by atoms with Crippen molar-refractivity contribution in [2.24, 2.45) is 5.73 Å².